The summed E-state index contributed by atoms with van der Waals surface area (Å²) in [6, 6.07) is 11.4. The lowest BCUT2D eigenvalue weighted by Crippen LogP contribution is -2.41. The fraction of sp³-hybridized carbons (Fsp3) is 0.333. The molecule has 3 aliphatic rings. The Morgan fingerprint density at radius 2 is 2.03 bits per heavy atom. The third-order valence-electron chi connectivity index (χ3n) is 7.05. The zero-order valence-electron chi connectivity index (χ0n) is 20.4. The van der Waals surface area contributed by atoms with Gasteiger partial charge >= 0.3 is 0 Å². The van der Waals surface area contributed by atoms with Crippen LogP contribution in [0.2, 0.25) is 0 Å². The van der Waals surface area contributed by atoms with E-state index >= 15 is 0 Å². The molecule has 1 atom stereocenters. The van der Waals surface area contributed by atoms with E-state index in [1.807, 2.05) is 30.3 Å². The molecule has 8 nitrogen and oxygen atoms in total. The topological polar surface area (TPSA) is 76.4 Å². The number of piperidine rings is 1. The molecule has 10 heteroatoms. The summed E-state index contributed by atoms with van der Waals surface area (Å²) in [7, 11) is 0. The molecular formula is C27H26N4O4S2. The van der Waals surface area contributed by atoms with Gasteiger partial charge in [-0.1, -0.05) is 43.0 Å². The van der Waals surface area contributed by atoms with E-state index in [2.05, 4.69) is 11.8 Å². The van der Waals surface area contributed by atoms with Crippen LogP contribution in [0.4, 0.5) is 5.82 Å². The van der Waals surface area contributed by atoms with Gasteiger partial charge in [-0.25, -0.2) is 4.98 Å². The van der Waals surface area contributed by atoms with Crippen molar-refractivity contribution in [1.29, 1.82) is 0 Å². The molecule has 0 spiro atoms. The Balaban J connectivity index is 1.38. The third-order valence-corrected chi connectivity index (χ3v) is 8.42. The van der Waals surface area contributed by atoms with E-state index in [0.29, 0.717) is 50.3 Å². The summed E-state index contributed by atoms with van der Waals surface area (Å²) in [5.74, 6) is 1.77. The minimum absolute atomic E-state index is 0.191. The number of fused-ring (bicyclic) bond motifs is 2. The molecule has 2 aromatic heterocycles. The number of amides is 1. The van der Waals surface area contributed by atoms with Crippen molar-refractivity contribution in [1.82, 2.24) is 14.3 Å². The van der Waals surface area contributed by atoms with Gasteiger partial charge in [0, 0.05) is 18.8 Å². The van der Waals surface area contributed by atoms with E-state index in [1.54, 1.807) is 23.2 Å². The number of hydrogen-bond acceptors (Lipinski definition) is 8. The maximum atomic E-state index is 13.7. The van der Waals surface area contributed by atoms with Crippen LogP contribution in [0.1, 0.15) is 43.7 Å². The van der Waals surface area contributed by atoms with Gasteiger partial charge in [0.25, 0.3) is 11.5 Å². The first-order valence-corrected chi connectivity index (χ1v) is 13.7. The number of rotatable bonds is 5. The van der Waals surface area contributed by atoms with Crippen molar-refractivity contribution in [2.75, 3.05) is 18.2 Å². The number of carbonyl (C=O) groups excluding carboxylic acids is 1. The largest absolute Gasteiger partial charge is 0.454 e. The Morgan fingerprint density at radius 1 is 1.16 bits per heavy atom. The minimum atomic E-state index is -0.220. The SMILES string of the molecule is CCC1CCCCN1c1nc2ccccn2c(=O)c1/C=C1/SC(=S)N(Cc2ccc3c(c2)OCO3)C1=O. The van der Waals surface area contributed by atoms with Gasteiger partial charge in [-0.3, -0.25) is 18.9 Å². The summed E-state index contributed by atoms with van der Waals surface area (Å²) in [6.07, 6.45) is 7.63. The van der Waals surface area contributed by atoms with Gasteiger partial charge in [0.05, 0.1) is 17.0 Å². The molecule has 37 heavy (non-hydrogen) atoms. The highest BCUT2D eigenvalue weighted by Gasteiger charge is 2.34. The van der Waals surface area contributed by atoms with Gasteiger partial charge in [0.2, 0.25) is 6.79 Å². The molecule has 190 valence electrons. The normalized spacial score (nSPS) is 20.5. The number of thiocarbonyl (C=S) groups is 1. The van der Waals surface area contributed by atoms with Crippen molar-refractivity contribution in [2.24, 2.45) is 0 Å². The second-order valence-corrected chi connectivity index (χ2v) is 11.0. The van der Waals surface area contributed by atoms with Crippen molar-refractivity contribution < 1.29 is 14.3 Å². The second kappa shape index (κ2) is 9.83. The summed E-state index contributed by atoms with van der Waals surface area (Å²) in [4.78, 5) is 36.3. The van der Waals surface area contributed by atoms with Gasteiger partial charge < -0.3 is 14.4 Å². The number of benzene rings is 1. The average Bonchev–Trinajstić information content (AvgIpc) is 3.49. The molecule has 3 aliphatic heterocycles. The van der Waals surface area contributed by atoms with Crippen LogP contribution in [-0.4, -0.2) is 43.9 Å². The lowest BCUT2D eigenvalue weighted by molar-refractivity contribution is -0.122. The second-order valence-electron chi connectivity index (χ2n) is 9.29. The van der Waals surface area contributed by atoms with Crippen molar-refractivity contribution in [3.05, 3.63) is 69.0 Å². The molecule has 2 saturated heterocycles. The molecule has 1 amide bonds. The number of pyridine rings is 1. The van der Waals surface area contributed by atoms with Crippen LogP contribution >= 0.6 is 24.0 Å². The highest BCUT2D eigenvalue weighted by Crippen LogP contribution is 2.37. The molecule has 0 N–H and O–H groups in total. The Hall–Kier alpha value is -3.37. The minimum Gasteiger partial charge on any atom is -0.454 e. The molecule has 0 bridgehead atoms. The highest BCUT2D eigenvalue weighted by molar-refractivity contribution is 8.26. The summed E-state index contributed by atoms with van der Waals surface area (Å²) >= 11 is 6.79. The van der Waals surface area contributed by atoms with E-state index in [9.17, 15) is 9.59 Å². The number of hydrogen-bond donors (Lipinski definition) is 0. The zero-order chi connectivity index (χ0) is 25.5. The summed E-state index contributed by atoms with van der Waals surface area (Å²) < 4.78 is 12.8. The van der Waals surface area contributed by atoms with Crippen molar-refractivity contribution in [2.45, 2.75) is 45.2 Å². The van der Waals surface area contributed by atoms with Crippen molar-refractivity contribution in [3.63, 3.8) is 0 Å². The van der Waals surface area contributed by atoms with Crippen LogP contribution in [0.3, 0.4) is 0 Å². The lowest BCUT2D eigenvalue weighted by atomic mass is 9.99. The van der Waals surface area contributed by atoms with Crippen molar-refractivity contribution >= 4 is 51.7 Å². The molecule has 0 aliphatic carbocycles. The number of thioether (sulfide) groups is 1. The molecule has 5 heterocycles. The molecular weight excluding hydrogens is 508 g/mol. The molecule has 3 aromatic rings. The predicted octanol–water partition coefficient (Wildman–Crippen LogP) is 4.59. The number of carbonyl (C=O) groups is 1. The molecule has 0 saturated carbocycles. The predicted molar refractivity (Wildman–Crippen MR) is 148 cm³/mol. The molecule has 2 fully saturated rings. The number of anilines is 1. The number of nitrogens with zero attached hydrogens (tertiary/aromatic N) is 4. The average molecular weight is 535 g/mol. The lowest BCUT2D eigenvalue weighted by Gasteiger charge is -2.37. The van der Waals surface area contributed by atoms with Crippen LogP contribution in [0.15, 0.2) is 52.3 Å². The summed E-state index contributed by atoms with van der Waals surface area (Å²) in [5, 5.41) is 0. The summed E-state index contributed by atoms with van der Waals surface area (Å²) in [6.45, 7) is 3.50. The fourth-order valence-corrected chi connectivity index (χ4v) is 6.37. The van der Waals surface area contributed by atoms with Crippen LogP contribution < -0.4 is 19.9 Å². The Labute approximate surface area is 223 Å². The first-order chi connectivity index (χ1) is 18.0. The zero-order valence-corrected chi connectivity index (χ0v) is 22.0. The maximum absolute atomic E-state index is 13.7. The Kier molecular flexibility index (Phi) is 6.37. The van der Waals surface area contributed by atoms with E-state index < -0.39 is 0 Å². The van der Waals surface area contributed by atoms with Crippen LogP contribution in [0.25, 0.3) is 11.7 Å². The van der Waals surface area contributed by atoms with Crippen LogP contribution in [0.5, 0.6) is 11.5 Å². The first kappa shape index (κ1) is 24.0. The van der Waals surface area contributed by atoms with E-state index in [4.69, 9.17) is 26.7 Å². The van der Waals surface area contributed by atoms with Gasteiger partial charge in [-0.05, 0) is 61.6 Å². The maximum Gasteiger partial charge on any atom is 0.267 e. The molecule has 1 aromatic carbocycles. The van der Waals surface area contributed by atoms with Gasteiger partial charge in [0.1, 0.15) is 15.8 Å². The fourth-order valence-electron chi connectivity index (χ4n) is 5.13. The summed E-state index contributed by atoms with van der Waals surface area (Å²) in [5.41, 5.74) is 1.71. The monoisotopic (exact) mass is 534 g/mol. The quantitative estimate of drug-likeness (QED) is 0.348. The van der Waals surface area contributed by atoms with Crippen molar-refractivity contribution in [3.8, 4) is 11.5 Å². The smallest absolute Gasteiger partial charge is 0.267 e. The van der Waals surface area contributed by atoms with E-state index in [-0.39, 0.29) is 18.3 Å². The number of ether oxygens (including phenoxy) is 2. The van der Waals surface area contributed by atoms with E-state index in [1.165, 1.54) is 16.2 Å². The van der Waals surface area contributed by atoms with Gasteiger partial charge in [0.15, 0.2) is 11.5 Å². The Morgan fingerprint density at radius 3 is 2.89 bits per heavy atom. The molecule has 6 rings (SSSR count). The van der Waals surface area contributed by atoms with Crippen LogP contribution in [0, 0.1) is 0 Å². The van der Waals surface area contributed by atoms with Crippen LogP contribution in [-0.2, 0) is 11.3 Å². The highest BCUT2D eigenvalue weighted by atomic mass is 32.2. The number of aromatic nitrogens is 2. The first-order valence-electron chi connectivity index (χ1n) is 12.5. The van der Waals surface area contributed by atoms with Gasteiger partial charge in [-0.15, -0.1) is 0 Å². The molecule has 1 unspecified atom stereocenters. The molecule has 0 radical (unpaired) electrons. The third kappa shape index (κ3) is 4.38. The standard InChI is InChI=1S/C27H26N4O4S2/c1-2-18-7-3-5-11-29(18)24-19(25(32)30-12-6-4-8-23(30)28-24)14-22-26(33)31(27(36)37-22)15-17-9-10-20-21(13-17)35-16-34-20/h4,6,8-10,12-14,18H,2-3,5,7,11,15-16H2,1H3/b22-14+. The van der Waals surface area contributed by atoms with Gasteiger partial charge in [-0.2, -0.15) is 0 Å². The Bertz CT molecular complexity index is 1500. The van der Waals surface area contributed by atoms with E-state index in [0.717, 1.165) is 37.8 Å².